The van der Waals surface area contributed by atoms with E-state index in [4.69, 9.17) is 27.3 Å². The Morgan fingerprint density at radius 1 is 0.593 bits per heavy atom. The second-order valence-electron chi connectivity index (χ2n) is 6.98. The number of hydrogen-bond donors (Lipinski definition) is 0. The zero-order chi connectivity index (χ0) is 21.4. The minimum Gasteiger partial charge on any atom is -0.456 e. The molecule has 4 rings (SSSR count). The molecule has 0 unspecified atom stereocenters. The van der Waals surface area contributed by atoms with Gasteiger partial charge >= 0.3 is 31.3 Å². The zero-order valence-corrected chi connectivity index (χ0v) is 22.5. The highest BCUT2D eigenvalue weighted by Crippen LogP contribution is 2.99. The van der Waals surface area contributed by atoms with Crippen LogP contribution < -0.4 is 0 Å². The highest BCUT2D eigenvalue weighted by atomic mass is 35.5. The first-order valence-electron chi connectivity index (χ1n) is 7.36. The van der Waals surface area contributed by atoms with Crippen molar-refractivity contribution in [2.24, 2.45) is 0 Å². The SMILES string of the molecule is C[Si](C)(C)O[Si](C)(C)C.ClCCCl.O=P12OP3(=O)OP(=O)(O1)OP(=O)(O2)O3. The lowest BCUT2D eigenvalue weighted by Gasteiger charge is -2.41. The summed E-state index contributed by atoms with van der Waals surface area (Å²) >= 11 is 10.1. The van der Waals surface area contributed by atoms with Gasteiger partial charge in [-0.2, -0.15) is 25.9 Å². The smallest absolute Gasteiger partial charge is 0.456 e. The van der Waals surface area contributed by atoms with Crippen LogP contribution in [0, 0.1) is 0 Å². The molecule has 0 saturated carbocycles. The van der Waals surface area contributed by atoms with Gasteiger partial charge in [0, 0.05) is 11.8 Å². The van der Waals surface area contributed by atoms with E-state index in [2.05, 4.69) is 65.1 Å². The number of hydrogen-bond acceptors (Lipinski definition) is 11. The Morgan fingerprint density at radius 3 is 0.852 bits per heavy atom. The summed E-state index contributed by atoms with van der Waals surface area (Å²) in [5, 5.41) is 0. The minimum atomic E-state index is -4.43. The van der Waals surface area contributed by atoms with Gasteiger partial charge in [0.2, 0.25) is 0 Å². The van der Waals surface area contributed by atoms with Crippen LogP contribution in [0.1, 0.15) is 0 Å². The predicted octanol–water partition coefficient (Wildman–Crippen LogP) is 6.70. The van der Waals surface area contributed by atoms with Crippen molar-refractivity contribution >= 4 is 71.1 Å². The molecule has 0 amide bonds. The van der Waals surface area contributed by atoms with E-state index in [0.717, 1.165) is 0 Å². The van der Waals surface area contributed by atoms with Gasteiger partial charge in [0.25, 0.3) is 0 Å². The summed E-state index contributed by atoms with van der Waals surface area (Å²) in [6, 6.07) is 0. The molecule has 0 aliphatic carbocycles. The van der Waals surface area contributed by atoms with E-state index in [-0.39, 0.29) is 0 Å². The van der Waals surface area contributed by atoms with Gasteiger partial charge in [0.15, 0.2) is 16.6 Å². The highest BCUT2D eigenvalue weighted by Gasteiger charge is 2.74. The molecular formula is C8H22Cl2O11P4Si2. The van der Waals surface area contributed by atoms with Crippen LogP contribution in [0.25, 0.3) is 0 Å². The van der Waals surface area contributed by atoms with Crippen molar-refractivity contribution in [3.05, 3.63) is 0 Å². The Bertz CT molecular complexity index is 568. The molecule has 0 radical (unpaired) electrons. The van der Waals surface area contributed by atoms with Crippen LogP contribution in [0.3, 0.4) is 0 Å². The molecule has 27 heavy (non-hydrogen) atoms. The fraction of sp³-hybridized carbons (Fsp3) is 1.00. The molecule has 11 nitrogen and oxygen atoms in total. The second kappa shape index (κ2) is 9.03. The molecule has 4 bridgehead atoms. The number of alkyl halides is 2. The standard InChI is InChI=1S/C6H18OSi2.C2H4Cl2.O10P4/c1-8(2,3)7-9(4,5)6;3-1-2-4;1-11-5-12(2)8-13(3,6-11)10-14(4,7-11)9-12/h1-6H3;1-2H2;. The first-order valence-corrected chi connectivity index (χ1v) is 21.1. The van der Waals surface area contributed by atoms with Crippen LogP contribution >= 0.6 is 54.5 Å². The summed E-state index contributed by atoms with van der Waals surface area (Å²) in [4.78, 5) is 0. The molecule has 4 saturated heterocycles. The van der Waals surface area contributed by atoms with Gasteiger partial charge in [-0.3, -0.25) is 0 Å². The van der Waals surface area contributed by atoms with Crippen molar-refractivity contribution in [2.75, 3.05) is 11.8 Å². The van der Waals surface area contributed by atoms with Crippen LogP contribution in [0.5, 0.6) is 0 Å². The molecule has 4 fully saturated rings. The van der Waals surface area contributed by atoms with E-state index in [1.165, 1.54) is 0 Å². The Labute approximate surface area is 170 Å². The summed E-state index contributed by atoms with van der Waals surface area (Å²) in [6.07, 6.45) is 0. The summed E-state index contributed by atoms with van der Waals surface area (Å²) in [6.45, 7) is 13.4. The van der Waals surface area contributed by atoms with Crippen LogP contribution in [-0.2, 0) is 48.2 Å². The second-order valence-corrected chi connectivity index (χ2v) is 24.5. The Kier molecular flexibility index (Phi) is 8.92. The summed E-state index contributed by atoms with van der Waals surface area (Å²) in [7, 11) is -20.2. The molecule has 4 aliphatic rings. The third kappa shape index (κ3) is 9.13. The van der Waals surface area contributed by atoms with Crippen molar-refractivity contribution in [2.45, 2.75) is 39.3 Å². The summed E-state index contributed by atoms with van der Waals surface area (Å²) in [5.41, 5.74) is 0. The summed E-state index contributed by atoms with van der Waals surface area (Å²) < 4.78 is 75.8. The van der Waals surface area contributed by atoms with Crippen molar-refractivity contribution in [1.29, 1.82) is 0 Å². The molecule has 0 aromatic rings. The third-order valence-electron chi connectivity index (χ3n) is 1.88. The van der Waals surface area contributed by atoms with Crippen molar-refractivity contribution in [1.82, 2.24) is 0 Å². The van der Waals surface area contributed by atoms with Gasteiger partial charge < -0.3 is 4.12 Å². The fourth-order valence-corrected chi connectivity index (χ4v) is 19.7. The maximum Gasteiger partial charge on any atom is 0.501 e. The normalized spacial score (nSPS) is 39.9. The van der Waals surface area contributed by atoms with Gasteiger partial charge in [-0.05, 0) is 39.3 Å². The van der Waals surface area contributed by atoms with Crippen LogP contribution in [0.4, 0.5) is 0 Å². The first kappa shape index (κ1) is 26.7. The number of rotatable bonds is 3. The van der Waals surface area contributed by atoms with Gasteiger partial charge in [-0.25, -0.2) is 18.3 Å². The van der Waals surface area contributed by atoms with Crippen LogP contribution in [0.15, 0.2) is 0 Å². The molecule has 4 aliphatic heterocycles. The van der Waals surface area contributed by atoms with Gasteiger partial charge in [0.1, 0.15) is 0 Å². The highest BCUT2D eigenvalue weighted by molar-refractivity contribution is 7.88. The quantitative estimate of drug-likeness (QED) is 0.213. The molecule has 0 aromatic carbocycles. The Balaban J connectivity index is 0.000000244. The average molecular weight is 545 g/mol. The topological polar surface area (TPSA) is 133 Å². The third-order valence-corrected chi connectivity index (χ3v) is 17.0. The predicted molar refractivity (Wildman–Crippen MR) is 106 cm³/mol. The van der Waals surface area contributed by atoms with Crippen LogP contribution in [0.2, 0.25) is 39.3 Å². The molecule has 0 N–H and O–H groups in total. The van der Waals surface area contributed by atoms with Gasteiger partial charge in [0.05, 0.1) is 0 Å². The monoisotopic (exact) mass is 544 g/mol. The fourth-order valence-electron chi connectivity index (χ4n) is 1.83. The molecule has 4 heterocycles. The minimum absolute atomic E-state index is 0.557. The first-order chi connectivity index (χ1) is 11.9. The maximum atomic E-state index is 11.3. The van der Waals surface area contributed by atoms with E-state index >= 15 is 0 Å². The van der Waals surface area contributed by atoms with E-state index in [1.54, 1.807) is 0 Å². The lowest BCUT2D eigenvalue weighted by Crippen LogP contribution is -2.39. The molecule has 0 atom stereocenters. The van der Waals surface area contributed by atoms with Crippen molar-refractivity contribution in [3.63, 3.8) is 0 Å². The Morgan fingerprint density at radius 2 is 0.778 bits per heavy atom. The van der Waals surface area contributed by atoms with Crippen molar-refractivity contribution in [3.8, 4) is 0 Å². The van der Waals surface area contributed by atoms with E-state index in [9.17, 15) is 18.3 Å². The van der Waals surface area contributed by atoms with E-state index in [0.29, 0.717) is 11.8 Å². The van der Waals surface area contributed by atoms with Gasteiger partial charge in [-0.15, -0.1) is 23.2 Å². The largest absolute Gasteiger partial charge is 0.501 e. The maximum absolute atomic E-state index is 11.3. The lowest BCUT2D eigenvalue weighted by molar-refractivity contribution is 0.0909. The van der Waals surface area contributed by atoms with Gasteiger partial charge in [-0.1, -0.05) is 0 Å². The van der Waals surface area contributed by atoms with E-state index < -0.39 is 47.9 Å². The number of phosphoric acid groups is 4. The molecular weight excluding hydrogens is 523 g/mol. The van der Waals surface area contributed by atoms with E-state index in [1.807, 2.05) is 0 Å². The van der Waals surface area contributed by atoms with Crippen molar-refractivity contribution < 1.29 is 48.2 Å². The number of halogens is 2. The molecule has 162 valence electrons. The summed E-state index contributed by atoms with van der Waals surface area (Å²) in [5.74, 6) is 1.11. The molecule has 0 aromatic heterocycles. The molecule has 0 spiro atoms. The molecule has 19 heteroatoms. The Hall–Kier alpha value is 1.65. The lowest BCUT2D eigenvalue weighted by atomic mass is 11.0. The zero-order valence-electron chi connectivity index (χ0n) is 15.4. The average Bonchev–Trinajstić information content (AvgIpc) is 2.27. The van der Waals surface area contributed by atoms with Crippen LogP contribution in [-0.4, -0.2) is 28.4 Å².